The topological polar surface area (TPSA) is 47.6 Å². The van der Waals surface area contributed by atoms with Gasteiger partial charge in [0.25, 0.3) is 0 Å². The van der Waals surface area contributed by atoms with Crippen LogP contribution in [0.3, 0.4) is 0 Å². The van der Waals surface area contributed by atoms with Crippen LogP contribution < -0.4 is 5.73 Å². The minimum Gasteiger partial charge on any atom is -0.387 e. The van der Waals surface area contributed by atoms with Gasteiger partial charge in [0.15, 0.2) is 0 Å². The molecule has 0 aromatic heterocycles. The second kappa shape index (κ2) is 3.89. The first-order valence-corrected chi connectivity index (χ1v) is 5.27. The van der Waals surface area contributed by atoms with Crippen molar-refractivity contribution in [1.29, 1.82) is 0 Å². The number of rotatable bonds is 1. The van der Waals surface area contributed by atoms with E-state index in [1.54, 1.807) is 0 Å². The molecular formula is C11H22N2O. The zero-order chi connectivity index (χ0) is 10.8. The van der Waals surface area contributed by atoms with Crippen molar-refractivity contribution in [2.24, 2.45) is 16.1 Å². The van der Waals surface area contributed by atoms with Crippen LogP contribution in [0.25, 0.3) is 0 Å². The summed E-state index contributed by atoms with van der Waals surface area (Å²) in [5.41, 5.74) is 5.95. The van der Waals surface area contributed by atoms with Crippen LogP contribution in [0.2, 0.25) is 0 Å². The minimum atomic E-state index is -0.0265. The fraction of sp³-hybridized carbons (Fsp3) is 0.909. The molecule has 14 heavy (non-hydrogen) atoms. The molecule has 2 N–H and O–H groups in total. The molecule has 0 aromatic rings. The summed E-state index contributed by atoms with van der Waals surface area (Å²) in [5, 5.41) is 0. The second-order valence-corrected chi connectivity index (χ2v) is 5.36. The Hall–Kier alpha value is -0.570. The van der Waals surface area contributed by atoms with Gasteiger partial charge in [-0.1, -0.05) is 20.8 Å². The number of aliphatic imine (C=N–C) groups is 1. The molecule has 1 fully saturated rings. The first-order valence-electron chi connectivity index (χ1n) is 5.27. The largest absolute Gasteiger partial charge is 0.387 e. The van der Waals surface area contributed by atoms with E-state index in [0.29, 0.717) is 0 Å². The lowest BCUT2D eigenvalue weighted by Gasteiger charge is -2.32. The van der Waals surface area contributed by atoms with Crippen molar-refractivity contribution in [2.75, 3.05) is 13.2 Å². The first-order chi connectivity index (χ1) is 6.33. The molecule has 1 aliphatic rings. The van der Waals surface area contributed by atoms with Crippen LogP contribution in [0.1, 0.15) is 40.5 Å². The Morgan fingerprint density at radius 3 is 2.21 bits per heavy atom. The van der Waals surface area contributed by atoms with Crippen molar-refractivity contribution in [3.8, 4) is 0 Å². The SMILES string of the molecule is CC1(N=C(N)C(C)(C)C)CCOCC1. The van der Waals surface area contributed by atoms with Crippen LogP contribution in [0.5, 0.6) is 0 Å². The van der Waals surface area contributed by atoms with Crippen LogP contribution in [0.4, 0.5) is 0 Å². The minimum absolute atomic E-state index is 0.00435. The maximum Gasteiger partial charge on any atom is 0.0998 e. The number of hydrogen-bond donors (Lipinski definition) is 1. The van der Waals surface area contributed by atoms with Gasteiger partial charge in [-0.05, 0) is 19.8 Å². The summed E-state index contributed by atoms with van der Waals surface area (Å²) in [7, 11) is 0. The monoisotopic (exact) mass is 198 g/mol. The smallest absolute Gasteiger partial charge is 0.0998 e. The molecular weight excluding hydrogens is 176 g/mol. The Morgan fingerprint density at radius 1 is 1.29 bits per heavy atom. The van der Waals surface area contributed by atoms with E-state index in [9.17, 15) is 0 Å². The summed E-state index contributed by atoms with van der Waals surface area (Å²) in [5.74, 6) is 0.752. The van der Waals surface area contributed by atoms with Gasteiger partial charge >= 0.3 is 0 Å². The summed E-state index contributed by atoms with van der Waals surface area (Å²) in [6.45, 7) is 10.0. The van der Waals surface area contributed by atoms with Gasteiger partial charge in [-0.15, -0.1) is 0 Å². The quantitative estimate of drug-likeness (QED) is 0.517. The number of ether oxygens (including phenoxy) is 1. The Bertz CT molecular complexity index is 222. The van der Waals surface area contributed by atoms with Crippen LogP contribution >= 0.6 is 0 Å². The average molecular weight is 198 g/mol. The van der Waals surface area contributed by atoms with Crippen molar-refractivity contribution < 1.29 is 4.74 Å². The van der Waals surface area contributed by atoms with Crippen LogP contribution in [-0.2, 0) is 4.74 Å². The molecule has 0 spiro atoms. The highest BCUT2D eigenvalue weighted by atomic mass is 16.5. The van der Waals surface area contributed by atoms with Crippen molar-refractivity contribution in [3.63, 3.8) is 0 Å². The Morgan fingerprint density at radius 2 is 1.79 bits per heavy atom. The van der Waals surface area contributed by atoms with E-state index < -0.39 is 0 Å². The molecule has 0 unspecified atom stereocenters. The summed E-state index contributed by atoms with van der Waals surface area (Å²) in [6, 6.07) is 0. The molecule has 0 aliphatic carbocycles. The third kappa shape index (κ3) is 2.98. The number of nitrogens with two attached hydrogens (primary N) is 1. The third-order valence-electron chi connectivity index (χ3n) is 2.73. The molecule has 3 nitrogen and oxygen atoms in total. The lowest BCUT2D eigenvalue weighted by atomic mass is 9.90. The lowest BCUT2D eigenvalue weighted by Crippen LogP contribution is -2.37. The maximum absolute atomic E-state index is 5.98. The molecule has 0 atom stereocenters. The highest BCUT2D eigenvalue weighted by Crippen LogP contribution is 2.26. The summed E-state index contributed by atoms with van der Waals surface area (Å²) in [4.78, 5) is 4.65. The predicted octanol–water partition coefficient (Wildman–Crippen LogP) is 1.96. The molecule has 0 amide bonds. The van der Waals surface area contributed by atoms with Gasteiger partial charge in [-0.25, -0.2) is 0 Å². The zero-order valence-electron chi connectivity index (χ0n) is 9.76. The van der Waals surface area contributed by atoms with Gasteiger partial charge in [-0.3, -0.25) is 4.99 Å². The lowest BCUT2D eigenvalue weighted by molar-refractivity contribution is 0.0599. The highest BCUT2D eigenvalue weighted by molar-refractivity contribution is 5.85. The van der Waals surface area contributed by atoms with Gasteiger partial charge in [0, 0.05) is 18.6 Å². The number of amidine groups is 1. The van der Waals surface area contributed by atoms with E-state index in [4.69, 9.17) is 10.5 Å². The van der Waals surface area contributed by atoms with Gasteiger partial charge < -0.3 is 10.5 Å². The predicted molar refractivity (Wildman–Crippen MR) is 59.5 cm³/mol. The third-order valence-corrected chi connectivity index (χ3v) is 2.73. The number of nitrogens with zero attached hydrogens (tertiary/aromatic N) is 1. The van der Waals surface area contributed by atoms with E-state index in [1.165, 1.54) is 0 Å². The molecule has 1 heterocycles. The Labute approximate surface area is 86.7 Å². The van der Waals surface area contributed by atoms with E-state index in [0.717, 1.165) is 31.9 Å². The molecule has 1 aliphatic heterocycles. The van der Waals surface area contributed by atoms with Crippen molar-refractivity contribution in [1.82, 2.24) is 0 Å². The number of hydrogen-bond acceptors (Lipinski definition) is 2. The Balaban J connectivity index is 2.73. The molecule has 3 heteroatoms. The van der Waals surface area contributed by atoms with Gasteiger partial charge in [0.2, 0.25) is 0 Å². The van der Waals surface area contributed by atoms with Gasteiger partial charge in [-0.2, -0.15) is 0 Å². The van der Waals surface area contributed by atoms with Gasteiger partial charge in [0.05, 0.1) is 11.4 Å². The fourth-order valence-electron chi connectivity index (χ4n) is 1.38. The van der Waals surface area contributed by atoms with Crippen LogP contribution in [0, 0.1) is 5.41 Å². The summed E-state index contributed by atoms with van der Waals surface area (Å²) in [6.07, 6.45) is 1.95. The van der Waals surface area contributed by atoms with Crippen LogP contribution in [-0.4, -0.2) is 24.6 Å². The fourth-order valence-corrected chi connectivity index (χ4v) is 1.38. The summed E-state index contributed by atoms with van der Waals surface area (Å²) < 4.78 is 5.32. The Kier molecular flexibility index (Phi) is 3.20. The van der Waals surface area contributed by atoms with Crippen molar-refractivity contribution in [3.05, 3.63) is 0 Å². The molecule has 0 radical (unpaired) electrons. The normalized spacial score (nSPS) is 23.6. The standard InChI is InChI=1S/C11H22N2O/c1-10(2,3)9(12)13-11(4)5-7-14-8-6-11/h5-8H2,1-4H3,(H2,12,13). The molecule has 82 valence electrons. The molecule has 0 saturated carbocycles. The molecule has 1 rings (SSSR count). The first kappa shape index (κ1) is 11.5. The zero-order valence-corrected chi connectivity index (χ0v) is 9.76. The summed E-state index contributed by atoms with van der Waals surface area (Å²) >= 11 is 0. The molecule has 0 bridgehead atoms. The molecule has 1 saturated heterocycles. The van der Waals surface area contributed by atoms with Crippen molar-refractivity contribution >= 4 is 5.84 Å². The maximum atomic E-state index is 5.98. The highest BCUT2D eigenvalue weighted by Gasteiger charge is 2.28. The van der Waals surface area contributed by atoms with E-state index in [-0.39, 0.29) is 11.0 Å². The van der Waals surface area contributed by atoms with Gasteiger partial charge in [0.1, 0.15) is 0 Å². The molecule has 0 aromatic carbocycles. The van der Waals surface area contributed by atoms with E-state index >= 15 is 0 Å². The van der Waals surface area contributed by atoms with Crippen LogP contribution in [0.15, 0.2) is 4.99 Å². The van der Waals surface area contributed by atoms with Crippen molar-refractivity contribution in [2.45, 2.75) is 46.1 Å². The van der Waals surface area contributed by atoms with E-state index in [2.05, 4.69) is 32.7 Å². The second-order valence-electron chi connectivity index (χ2n) is 5.36. The van der Waals surface area contributed by atoms with E-state index in [1.807, 2.05) is 0 Å². The average Bonchev–Trinajstić information content (AvgIpc) is 2.02.